The molecule has 2 aliphatic rings. The van der Waals surface area contributed by atoms with Gasteiger partial charge in [0.25, 0.3) is 0 Å². The molecule has 1 aromatic carbocycles. The van der Waals surface area contributed by atoms with Crippen LogP contribution in [0.4, 0.5) is 4.39 Å². The Bertz CT molecular complexity index is 456. The first-order chi connectivity index (χ1) is 10.1. The van der Waals surface area contributed by atoms with Crippen molar-refractivity contribution in [3.05, 3.63) is 35.6 Å². The molecule has 1 aliphatic heterocycles. The second-order valence-corrected chi connectivity index (χ2v) is 6.65. The molecule has 1 aliphatic carbocycles. The lowest BCUT2D eigenvalue weighted by atomic mass is 9.76. The number of hydrogen-bond acceptors (Lipinski definition) is 3. The van der Waals surface area contributed by atoms with Gasteiger partial charge in [0.1, 0.15) is 5.82 Å². The van der Waals surface area contributed by atoms with Gasteiger partial charge in [0.15, 0.2) is 0 Å². The Morgan fingerprint density at radius 1 is 1.05 bits per heavy atom. The Morgan fingerprint density at radius 3 is 2.29 bits per heavy atom. The van der Waals surface area contributed by atoms with Crippen LogP contribution in [0.2, 0.25) is 0 Å². The van der Waals surface area contributed by atoms with E-state index in [9.17, 15) is 4.39 Å². The van der Waals surface area contributed by atoms with E-state index in [-0.39, 0.29) is 24.0 Å². The third kappa shape index (κ3) is 3.44. The van der Waals surface area contributed by atoms with Crippen molar-refractivity contribution in [1.82, 2.24) is 0 Å². The molecule has 21 heavy (non-hydrogen) atoms. The van der Waals surface area contributed by atoms with E-state index in [1.807, 2.05) is 12.1 Å². The second-order valence-electron chi connectivity index (χ2n) is 6.65. The summed E-state index contributed by atoms with van der Waals surface area (Å²) in [6, 6.07) is 6.88. The molecule has 1 heterocycles. The van der Waals surface area contributed by atoms with Crippen molar-refractivity contribution in [3.63, 3.8) is 0 Å². The Labute approximate surface area is 125 Å². The van der Waals surface area contributed by atoms with Gasteiger partial charge in [0.05, 0.1) is 12.7 Å². The number of nitrogens with two attached hydrogens (primary N) is 2. The van der Waals surface area contributed by atoms with Crippen molar-refractivity contribution in [2.75, 3.05) is 6.61 Å². The molecule has 3 unspecified atom stereocenters. The van der Waals surface area contributed by atoms with E-state index in [2.05, 4.69) is 0 Å². The average molecular weight is 292 g/mol. The molecule has 1 saturated heterocycles. The molecular formula is C17H25FN2O. The fraction of sp³-hybridized carbons (Fsp3) is 0.647. The van der Waals surface area contributed by atoms with Crippen LogP contribution in [0.15, 0.2) is 24.3 Å². The maximum absolute atomic E-state index is 12.9. The first-order valence-electron chi connectivity index (χ1n) is 8.00. The molecule has 2 fully saturated rings. The minimum absolute atomic E-state index is 0.00746. The van der Waals surface area contributed by atoms with Crippen molar-refractivity contribution < 1.29 is 9.13 Å². The van der Waals surface area contributed by atoms with Gasteiger partial charge < -0.3 is 16.2 Å². The van der Waals surface area contributed by atoms with Crippen LogP contribution >= 0.6 is 0 Å². The maximum Gasteiger partial charge on any atom is 0.123 e. The van der Waals surface area contributed by atoms with Gasteiger partial charge in [-0.2, -0.15) is 0 Å². The Morgan fingerprint density at radius 2 is 1.71 bits per heavy atom. The van der Waals surface area contributed by atoms with E-state index < -0.39 is 0 Å². The predicted octanol–water partition coefficient (Wildman–Crippen LogP) is 2.23. The first-order valence-corrected chi connectivity index (χ1v) is 8.00. The van der Waals surface area contributed by atoms with Crippen molar-refractivity contribution in [2.45, 2.75) is 50.3 Å². The fourth-order valence-electron chi connectivity index (χ4n) is 3.81. The van der Waals surface area contributed by atoms with Crippen LogP contribution in [0.3, 0.4) is 0 Å². The molecule has 0 spiro atoms. The third-order valence-corrected chi connectivity index (χ3v) is 5.15. The third-order valence-electron chi connectivity index (χ3n) is 5.15. The highest BCUT2D eigenvalue weighted by atomic mass is 19.1. The van der Waals surface area contributed by atoms with Gasteiger partial charge in [-0.1, -0.05) is 12.1 Å². The zero-order valence-corrected chi connectivity index (χ0v) is 12.4. The molecule has 0 aromatic heterocycles. The average Bonchev–Trinajstić information content (AvgIpc) is 2.83. The Hall–Kier alpha value is -0.970. The van der Waals surface area contributed by atoms with Gasteiger partial charge in [-0.05, 0) is 61.6 Å². The summed E-state index contributed by atoms with van der Waals surface area (Å²) in [5.41, 5.74) is 13.3. The van der Waals surface area contributed by atoms with E-state index in [1.54, 1.807) is 12.1 Å². The number of rotatable bonds is 3. The zero-order chi connectivity index (χ0) is 14.8. The predicted molar refractivity (Wildman–Crippen MR) is 81.2 cm³/mol. The smallest absolute Gasteiger partial charge is 0.123 e. The van der Waals surface area contributed by atoms with Crippen LogP contribution in [-0.4, -0.2) is 24.8 Å². The summed E-state index contributed by atoms with van der Waals surface area (Å²) in [6.07, 6.45) is 5.91. The van der Waals surface area contributed by atoms with Crippen molar-refractivity contribution in [3.8, 4) is 0 Å². The van der Waals surface area contributed by atoms with Gasteiger partial charge in [-0.15, -0.1) is 0 Å². The number of ether oxygens (including phenoxy) is 1. The van der Waals surface area contributed by atoms with Crippen LogP contribution in [-0.2, 0) is 11.2 Å². The normalized spacial score (nSPS) is 36.8. The molecular weight excluding hydrogens is 267 g/mol. The Kier molecular flexibility index (Phi) is 4.57. The van der Waals surface area contributed by atoms with Gasteiger partial charge >= 0.3 is 0 Å². The monoisotopic (exact) mass is 292 g/mol. The van der Waals surface area contributed by atoms with Crippen LogP contribution in [0, 0.1) is 17.7 Å². The summed E-state index contributed by atoms with van der Waals surface area (Å²) in [4.78, 5) is 0. The number of halogens is 1. The molecule has 4 N–H and O–H groups in total. The lowest BCUT2D eigenvalue weighted by Gasteiger charge is -2.33. The van der Waals surface area contributed by atoms with Crippen LogP contribution in [0.25, 0.3) is 0 Å². The molecule has 0 radical (unpaired) electrons. The summed E-state index contributed by atoms with van der Waals surface area (Å²) in [6.45, 7) is 0.599. The number of benzene rings is 1. The molecule has 4 heteroatoms. The molecule has 3 atom stereocenters. The quantitative estimate of drug-likeness (QED) is 0.898. The highest BCUT2D eigenvalue weighted by molar-refractivity contribution is 5.16. The Balaban J connectivity index is 1.50. The van der Waals surface area contributed by atoms with E-state index in [4.69, 9.17) is 16.2 Å². The second kappa shape index (κ2) is 6.42. The first kappa shape index (κ1) is 14.9. The van der Waals surface area contributed by atoms with Gasteiger partial charge in [0.2, 0.25) is 0 Å². The van der Waals surface area contributed by atoms with Gasteiger partial charge in [-0.3, -0.25) is 0 Å². The van der Waals surface area contributed by atoms with E-state index in [0.717, 1.165) is 19.3 Å². The standard InChI is InChI=1S/C17H25FN2O/c18-14-7-3-12(4-8-14)9-11-1-5-13(6-2-11)17-16(20)15(19)10-21-17/h3-4,7-8,11,13,15-17H,1-2,5-6,9-10,19-20H2. The minimum Gasteiger partial charge on any atom is -0.375 e. The fourth-order valence-corrected chi connectivity index (χ4v) is 3.81. The molecule has 116 valence electrons. The van der Waals surface area contributed by atoms with Gasteiger partial charge in [-0.25, -0.2) is 4.39 Å². The summed E-state index contributed by atoms with van der Waals surface area (Å²) < 4.78 is 18.7. The SMILES string of the molecule is NC1COC(C2CCC(Cc3ccc(F)cc3)CC2)C1N. The van der Waals surface area contributed by atoms with Crippen molar-refractivity contribution >= 4 is 0 Å². The summed E-state index contributed by atoms with van der Waals surface area (Å²) in [7, 11) is 0. The summed E-state index contributed by atoms with van der Waals surface area (Å²) >= 11 is 0. The molecule has 1 saturated carbocycles. The lowest BCUT2D eigenvalue weighted by Crippen LogP contribution is -2.47. The van der Waals surface area contributed by atoms with Crippen molar-refractivity contribution in [2.24, 2.45) is 23.3 Å². The molecule has 3 nitrogen and oxygen atoms in total. The van der Waals surface area contributed by atoms with Crippen LogP contribution in [0.1, 0.15) is 31.2 Å². The minimum atomic E-state index is -0.161. The van der Waals surface area contributed by atoms with Crippen LogP contribution < -0.4 is 11.5 Å². The topological polar surface area (TPSA) is 61.3 Å². The number of hydrogen-bond donors (Lipinski definition) is 2. The molecule has 0 amide bonds. The largest absolute Gasteiger partial charge is 0.375 e. The molecule has 3 rings (SSSR count). The van der Waals surface area contributed by atoms with Gasteiger partial charge in [0, 0.05) is 12.1 Å². The van der Waals surface area contributed by atoms with Crippen molar-refractivity contribution in [1.29, 1.82) is 0 Å². The molecule has 1 aromatic rings. The van der Waals surface area contributed by atoms with E-state index in [0.29, 0.717) is 18.4 Å². The summed E-state index contributed by atoms with van der Waals surface area (Å²) in [5.74, 6) is 1.09. The van der Waals surface area contributed by atoms with E-state index >= 15 is 0 Å². The highest BCUT2D eigenvalue weighted by Crippen LogP contribution is 2.36. The highest BCUT2D eigenvalue weighted by Gasteiger charge is 2.38. The lowest BCUT2D eigenvalue weighted by molar-refractivity contribution is 0.0337. The maximum atomic E-state index is 12.9. The summed E-state index contributed by atoms with van der Waals surface area (Å²) in [5, 5.41) is 0. The zero-order valence-electron chi connectivity index (χ0n) is 12.4. The molecule has 0 bridgehead atoms. The van der Waals surface area contributed by atoms with Crippen LogP contribution in [0.5, 0.6) is 0 Å². The van der Waals surface area contributed by atoms with E-state index in [1.165, 1.54) is 18.4 Å².